The van der Waals surface area contributed by atoms with Crippen LogP contribution in [0.4, 0.5) is 0 Å². The second-order valence-electron chi connectivity index (χ2n) is 4.00. The Bertz CT molecular complexity index is 720. The number of halogens is 3. The first-order chi connectivity index (χ1) is 9.99. The monoisotopic (exact) mass is 434 g/mol. The molecule has 21 heavy (non-hydrogen) atoms. The van der Waals surface area contributed by atoms with Gasteiger partial charge in [-0.05, 0) is 46.9 Å². The van der Waals surface area contributed by atoms with E-state index in [2.05, 4.69) is 33.1 Å². The van der Waals surface area contributed by atoms with Crippen LogP contribution in [-0.2, 0) is 0 Å². The van der Waals surface area contributed by atoms with E-state index in [4.69, 9.17) is 23.2 Å². The molecule has 0 heterocycles. The maximum atomic E-state index is 11.9. The molecule has 0 bridgehead atoms. The van der Waals surface area contributed by atoms with Crippen LogP contribution < -0.4 is 5.43 Å². The Morgan fingerprint density at radius 3 is 2.71 bits per heavy atom. The van der Waals surface area contributed by atoms with E-state index >= 15 is 0 Å². The lowest BCUT2D eigenvalue weighted by molar-refractivity contribution is 0.0954. The van der Waals surface area contributed by atoms with Gasteiger partial charge in [-0.15, -0.1) is 0 Å². The number of carbonyl (C=O) groups is 1. The third-order valence-corrected chi connectivity index (χ3v) is 3.99. The van der Waals surface area contributed by atoms with Gasteiger partial charge in [0.15, 0.2) is 0 Å². The van der Waals surface area contributed by atoms with Crippen molar-refractivity contribution in [3.8, 4) is 5.75 Å². The summed E-state index contributed by atoms with van der Waals surface area (Å²) in [7, 11) is 0. The number of amides is 1. The van der Waals surface area contributed by atoms with Crippen LogP contribution in [0.25, 0.3) is 0 Å². The summed E-state index contributed by atoms with van der Waals surface area (Å²) >= 11 is 13.7. The molecule has 0 unspecified atom stereocenters. The van der Waals surface area contributed by atoms with E-state index in [1.54, 1.807) is 12.1 Å². The minimum absolute atomic E-state index is 0.118. The second-order valence-corrected chi connectivity index (χ2v) is 6.01. The summed E-state index contributed by atoms with van der Waals surface area (Å²) in [5.41, 5.74) is 3.22. The molecule has 0 fully saturated rings. The van der Waals surface area contributed by atoms with Crippen LogP contribution >= 0.6 is 45.8 Å². The van der Waals surface area contributed by atoms with Crippen molar-refractivity contribution in [2.24, 2.45) is 5.10 Å². The number of rotatable bonds is 3. The molecule has 0 saturated carbocycles. The molecular formula is C14H9Cl2IN2O2. The molecule has 0 spiro atoms. The molecule has 2 aromatic rings. The van der Waals surface area contributed by atoms with Crippen LogP contribution in [-0.4, -0.2) is 17.2 Å². The van der Waals surface area contributed by atoms with E-state index in [1.807, 2.05) is 12.1 Å². The maximum absolute atomic E-state index is 11.9. The highest BCUT2D eigenvalue weighted by Crippen LogP contribution is 2.29. The Morgan fingerprint density at radius 2 is 2.00 bits per heavy atom. The molecule has 0 aromatic heterocycles. The molecule has 108 valence electrons. The largest absolute Gasteiger partial charge is 0.506 e. The summed E-state index contributed by atoms with van der Waals surface area (Å²) in [4.78, 5) is 11.9. The van der Waals surface area contributed by atoms with Crippen LogP contribution in [0, 0.1) is 3.57 Å². The fourth-order valence-corrected chi connectivity index (χ4v) is 2.69. The minimum atomic E-state index is -0.344. The molecule has 0 aliphatic rings. The molecule has 2 N–H and O–H groups in total. The molecule has 0 atom stereocenters. The molecule has 2 rings (SSSR count). The van der Waals surface area contributed by atoms with Crippen molar-refractivity contribution in [1.29, 1.82) is 0 Å². The molecule has 0 aliphatic heterocycles. The molecule has 0 radical (unpaired) electrons. The molecule has 0 aliphatic carbocycles. The Labute approximate surface area is 144 Å². The highest BCUT2D eigenvalue weighted by molar-refractivity contribution is 14.1. The molecule has 7 heteroatoms. The van der Waals surface area contributed by atoms with Crippen LogP contribution in [0.15, 0.2) is 41.5 Å². The van der Waals surface area contributed by atoms with Gasteiger partial charge in [-0.1, -0.05) is 35.3 Å². The standard InChI is InChI=1S/C14H9Cl2IN2O2/c15-9-5-8(13(20)11(16)6-9)7-18-19-14(21)10-3-1-2-4-12(10)17/h1-7,20H,(H,19,21)/b18-7+. The summed E-state index contributed by atoms with van der Waals surface area (Å²) in [5, 5.41) is 14.0. The van der Waals surface area contributed by atoms with Gasteiger partial charge in [0.2, 0.25) is 0 Å². The van der Waals surface area contributed by atoms with Crippen molar-refractivity contribution in [2.45, 2.75) is 0 Å². The summed E-state index contributed by atoms with van der Waals surface area (Å²) in [5.74, 6) is -0.489. The van der Waals surface area contributed by atoms with E-state index in [0.717, 1.165) is 3.57 Å². The normalized spacial score (nSPS) is 10.8. The van der Waals surface area contributed by atoms with Crippen LogP contribution in [0.5, 0.6) is 5.75 Å². The molecular weight excluding hydrogens is 426 g/mol. The Hall–Kier alpha value is -1.31. The average Bonchev–Trinajstić information content (AvgIpc) is 2.44. The summed E-state index contributed by atoms with van der Waals surface area (Å²) in [6.45, 7) is 0. The van der Waals surface area contributed by atoms with Crippen molar-refractivity contribution in [3.05, 3.63) is 61.1 Å². The number of benzene rings is 2. The van der Waals surface area contributed by atoms with Gasteiger partial charge in [-0.3, -0.25) is 4.79 Å². The first-order valence-corrected chi connectivity index (χ1v) is 7.58. The summed E-state index contributed by atoms with van der Waals surface area (Å²) < 4.78 is 0.816. The van der Waals surface area contributed by atoms with E-state index in [-0.39, 0.29) is 16.7 Å². The van der Waals surface area contributed by atoms with Gasteiger partial charge in [0.05, 0.1) is 16.8 Å². The average molecular weight is 435 g/mol. The quantitative estimate of drug-likeness (QED) is 0.434. The third-order valence-electron chi connectivity index (χ3n) is 2.55. The zero-order chi connectivity index (χ0) is 15.4. The lowest BCUT2D eigenvalue weighted by Crippen LogP contribution is -2.18. The van der Waals surface area contributed by atoms with Gasteiger partial charge < -0.3 is 5.11 Å². The van der Waals surface area contributed by atoms with Crippen LogP contribution in [0.2, 0.25) is 10.0 Å². The molecule has 4 nitrogen and oxygen atoms in total. The topological polar surface area (TPSA) is 61.7 Å². The highest BCUT2D eigenvalue weighted by atomic mass is 127. The third kappa shape index (κ3) is 4.09. The summed E-state index contributed by atoms with van der Waals surface area (Å²) in [6.07, 6.45) is 1.28. The van der Waals surface area contributed by atoms with Gasteiger partial charge in [0, 0.05) is 14.2 Å². The SMILES string of the molecule is O=C(N/N=C/c1cc(Cl)cc(Cl)c1O)c1ccccc1I. The fourth-order valence-electron chi connectivity index (χ4n) is 1.55. The highest BCUT2D eigenvalue weighted by Gasteiger charge is 2.08. The number of phenolic OH excluding ortho intramolecular Hbond substituents is 1. The maximum Gasteiger partial charge on any atom is 0.272 e. The lowest BCUT2D eigenvalue weighted by Gasteiger charge is -2.04. The zero-order valence-electron chi connectivity index (χ0n) is 10.5. The Balaban J connectivity index is 2.13. The predicted octanol–water partition coefficient (Wildman–Crippen LogP) is 4.07. The second kappa shape index (κ2) is 7.11. The van der Waals surface area contributed by atoms with E-state index in [9.17, 15) is 9.90 Å². The summed E-state index contributed by atoms with van der Waals surface area (Å²) in [6, 6.07) is 10.0. The number of nitrogens with zero attached hydrogens (tertiary/aromatic N) is 1. The number of hydrazone groups is 1. The van der Waals surface area contributed by atoms with Crippen molar-refractivity contribution < 1.29 is 9.90 Å². The van der Waals surface area contributed by atoms with E-state index in [0.29, 0.717) is 16.1 Å². The zero-order valence-corrected chi connectivity index (χ0v) is 14.1. The van der Waals surface area contributed by atoms with Gasteiger partial charge >= 0.3 is 0 Å². The number of aromatic hydroxyl groups is 1. The van der Waals surface area contributed by atoms with Crippen molar-refractivity contribution in [1.82, 2.24) is 5.43 Å². The lowest BCUT2D eigenvalue weighted by atomic mass is 10.2. The fraction of sp³-hybridized carbons (Fsp3) is 0. The Morgan fingerprint density at radius 1 is 1.29 bits per heavy atom. The van der Waals surface area contributed by atoms with Gasteiger partial charge in [0.1, 0.15) is 5.75 Å². The van der Waals surface area contributed by atoms with E-state index < -0.39 is 0 Å². The van der Waals surface area contributed by atoms with Crippen molar-refractivity contribution >= 4 is 57.9 Å². The number of carbonyl (C=O) groups excluding carboxylic acids is 1. The number of hydrogen-bond acceptors (Lipinski definition) is 3. The van der Waals surface area contributed by atoms with Gasteiger partial charge in [-0.2, -0.15) is 5.10 Å². The smallest absolute Gasteiger partial charge is 0.272 e. The van der Waals surface area contributed by atoms with Gasteiger partial charge in [0.25, 0.3) is 5.91 Å². The number of hydrogen-bond donors (Lipinski definition) is 2. The molecule has 2 aromatic carbocycles. The first-order valence-electron chi connectivity index (χ1n) is 5.75. The van der Waals surface area contributed by atoms with E-state index in [1.165, 1.54) is 18.3 Å². The van der Waals surface area contributed by atoms with Crippen molar-refractivity contribution in [3.63, 3.8) is 0 Å². The van der Waals surface area contributed by atoms with Crippen molar-refractivity contribution in [2.75, 3.05) is 0 Å². The predicted molar refractivity (Wildman–Crippen MR) is 92.3 cm³/mol. The first kappa shape index (κ1) is 16.1. The van der Waals surface area contributed by atoms with Crippen LogP contribution in [0.3, 0.4) is 0 Å². The number of nitrogens with one attached hydrogen (secondary N) is 1. The Kier molecular flexibility index (Phi) is 5.44. The number of phenols is 1. The minimum Gasteiger partial charge on any atom is -0.506 e. The molecule has 1 amide bonds. The van der Waals surface area contributed by atoms with Crippen LogP contribution in [0.1, 0.15) is 15.9 Å². The van der Waals surface area contributed by atoms with Gasteiger partial charge in [-0.25, -0.2) is 5.43 Å². The molecule has 0 saturated heterocycles.